The van der Waals surface area contributed by atoms with Gasteiger partial charge in [-0.05, 0) is 36.6 Å². The third-order valence-corrected chi connectivity index (χ3v) is 3.26. The van der Waals surface area contributed by atoms with Crippen molar-refractivity contribution in [1.82, 2.24) is 0 Å². The van der Waals surface area contributed by atoms with Crippen LogP contribution in [0.5, 0.6) is 0 Å². The lowest BCUT2D eigenvalue weighted by Gasteiger charge is -2.05. The second-order valence-electron chi connectivity index (χ2n) is 4.95. The fourth-order valence-corrected chi connectivity index (χ4v) is 2.06. The molecule has 0 N–H and O–H groups in total. The topological polar surface area (TPSA) is 17.1 Å². The summed E-state index contributed by atoms with van der Waals surface area (Å²) in [6.07, 6.45) is 6.77. The first-order valence-electron chi connectivity index (χ1n) is 6.90. The highest BCUT2D eigenvalue weighted by molar-refractivity contribution is 5.81. The maximum Gasteiger partial charge on any atom is 0.137 e. The van der Waals surface area contributed by atoms with Crippen LogP contribution in [0.2, 0.25) is 0 Å². The van der Waals surface area contributed by atoms with E-state index >= 15 is 0 Å². The minimum Gasteiger partial charge on any atom is -0.299 e. The van der Waals surface area contributed by atoms with Crippen LogP contribution in [0.3, 0.4) is 0 Å². The molecule has 0 radical (unpaired) electrons. The molecular formula is C16H23FO. The van der Waals surface area contributed by atoms with Crippen LogP contribution in [0.25, 0.3) is 0 Å². The van der Waals surface area contributed by atoms with Crippen LogP contribution < -0.4 is 0 Å². The lowest BCUT2D eigenvalue weighted by Crippen LogP contribution is -2.04. The van der Waals surface area contributed by atoms with E-state index in [1.165, 1.54) is 31.4 Å². The molecule has 0 atom stereocenters. The maximum absolute atomic E-state index is 13.1. The number of aryl methyl sites for hydroxylation is 1. The predicted molar refractivity (Wildman–Crippen MR) is 73.2 cm³/mol. The maximum atomic E-state index is 13.1. The average Bonchev–Trinajstić information content (AvgIpc) is 2.33. The number of hydrogen-bond donors (Lipinski definition) is 0. The Kier molecular flexibility index (Phi) is 6.63. The highest BCUT2D eigenvalue weighted by atomic mass is 19.1. The molecular weight excluding hydrogens is 227 g/mol. The van der Waals surface area contributed by atoms with Gasteiger partial charge in [0.05, 0.1) is 0 Å². The SMILES string of the molecule is CCCCCCCC(=O)Cc1cc(F)ccc1C. The van der Waals surface area contributed by atoms with E-state index in [2.05, 4.69) is 6.92 Å². The van der Waals surface area contributed by atoms with E-state index in [-0.39, 0.29) is 11.6 Å². The number of halogens is 1. The Balaban J connectivity index is 2.33. The third kappa shape index (κ3) is 5.44. The summed E-state index contributed by atoms with van der Waals surface area (Å²) in [6, 6.07) is 4.65. The molecule has 0 bridgehead atoms. The van der Waals surface area contributed by atoms with Gasteiger partial charge in [0.15, 0.2) is 0 Å². The van der Waals surface area contributed by atoms with Gasteiger partial charge in [0.25, 0.3) is 0 Å². The van der Waals surface area contributed by atoms with Crippen molar-refractivity contribution in [3.8, 4) is 0 Å². The smallest absolute Gasteiger partial charge is 0.137 e. The Hall–Kier alpha value is -1.18. The van der Waals surface area contributed by atoms with Gasteiger partial charge in [-0.25, -0.2) is 4.39 Å². The zero-order valence-corrected chi connectivity index (χ0v) is 11.5. The van der Waals surface area contributed by atoms with E-state index in [4.69, 9.17) is 0 Å². The second-order valence-corrected chi connectivity index (χ2v) is 4.95. The van der Waals surface area contributed by atoms with Crippen molar-refractivity contribution in [2.24, 2.45) is 0 Å². The molecule has 0 spiro atoms. The molecule has 0 saturated heterocycles. The number of carbonyl (C=O) groups excluding carboxylic acids is 1. The van der Waals surface area contributed by atoms with Crippen molar-refractivity contribution in [1.29, 1.82) is 0 Å². The van der Waals surface area contributed by atoms with Crippen molar-refractivity contribution in [3.63, 3.8) is 0 Å². The summed E-state index contributed by atoms with van der Waals surface area (Å²) in [5.74, 6) is -0.0356. The largest absolute Gasteiger partial charge is 0.299 e. The molecule has 2 heteroatoms. The Morgan fingerprint density at radius 2 is 1.89 bits per heavy atom. The third-order valence-electron chi connectivity index (χ3n) is 3.26. The van der Waals surface area contributed by atoms with Crippen LogP contribution >= 0.6 is 0 Å². The van der Waals surface area contributed by atoms with Crippen molar-refractivity contribution in [2.75, 3.05) is 0 Å². The monoisotopic (exact) mass is 250 g/mol. The van der Waals surface area contributed by atoms with Gasteiger partial charge in [-0.3, -0.25) is 4.79 Å². The van der Waals surface area contributed by atoms with Crippen molar-refractivity contribution in [2.45, 2.75) is 58.8 Å². The van der Waals surface area contributed by atoms with Crippen LogP contribution in [0.1, 0.15) is 56.6 Å². The first kappa shape index (κ1) is 14.9. The molecule has 0 saturated carbocycles. The standard InChI is InChI=1S/C16H23FO/c1-3-4-5-6-7-8-16(18)12-14-11-15(17)10-9-13(14)2/h9-11H,3-8,12H2,1-2H3. The first-order valence-corrected chi connectivity index (χ1v) is 6.90. The molecule has 0 amide bonds. The van der Waals surface area contributed by atoms with Crippen LogP contribution in [-0.2, 0) is 11.2 Å². The summed E-state index contributed by atoms with van der Waals surface area (Å²) in [5, 5.41) is 0. The van der Waals surface area contributed by atoms with E-state index in [1.54, 1.807) is 6.07 Å². The second kappa shape index (κ2) is 8.02. The Labute approximate surface area is 109 Å². The molecule has 0 aliphatic rings. The van der Waals surface area contributed by atoms with Crippen LogP contribution in [0, 0.1) is 12.7 Å². The molecule has 0 heterocycles. The summed E-state index contributed by atoms with van der Waals surface area (Å²) >= 11 is 0. The summed E-state index contributed by atoms with van der Waals surface area (Å²) < 4.78 is 13.1. The minimum atomic E-state index is -0.258. The van der Waals surface area contributed by atoms with Gasteiger partial charge in [-0.15, -0.1) is 0 Å². The van der Waals surface area contributed by atoms with E-state index in [0.717, 1.165) is 24.0 Å². The molecule has 0 unspecified atom stereocenters. The highest BCUT2D eigenvalue weighted by Gasteiger charge is 2.07. The molecule has 0 aliphatic carbocycles. The summed E-state index contributed by atoms with van der Waals surface area (Å²) in [4.78, 5) is 11.8. The number of Topliss-reactive ketones (excluding diaryl/α,β-unsaturated/α-hetero) is 1. The van der Waals surface area contributed by atoms with Gasteiger partial charge >= 0.3 is 0 Å². The number of ketones is 1. The van der Waals surface area contributed by atoms with E-state index in [1.807, 2.05) is 6.92 Å². The predicted octanol–water partition coefficient (Wildman–Crippen LogP) is 4.61. The Bertz CT molecular complexity index is 385. The van der Waals surface area contributed by atoms with E-state index in [0.29, 0.717) is 12.8 Å². The normalized spacial score (nSPS) is 10.6. The Morgan fingerprint density at radius 1 is 1.17 bits per heavy atom. The van der Waals surface area contributed by atoms with Gasteiger partial charge in [0.2, 0.25) is 0 Å². The van der Waals surface area contributed by atoms with Crippen LogP contribution in [0.4, 0.5) is 4.39 Å². The van der Waals surface area contributed by atoms with E-state index in [9.17, 15) is 9.18 Å². The first-order chi connectivity index (χ1) is 8.63. The summed E-state index contributed by atoms with van der Waals surface area (Å²) in [7, 11) is 0. The molecule has 18 heavy (non-hydrogen) atoms. The molecule has 100 valence electrons. The molecule has 0 aromatic heterocycles. The molecule has 1 nitrogen and oxygen atoms in total. The van der Waals surface area contributed by atoms with Gasteiger partial charge in [0.1, 0.15) is 11.6 Å². The fraction of sp³-hybridized carbons (Fsp3) is 0.562. The molecule has 0 aliphatic heterocycles. The lowest BCUT2D eigenvalue weighted by molar-refractivity contribution is -0.118. The summed E-state index contributed by atoms with van der Waals surface area (Å²) in [5.41, 5.74) is 1.82. The number of hydrogen-bond acceptors (Lipinski definition) is 1. The zero-order valence-electron chi connectivity index (χ0n) is 11.5. The molecule has 1 aromatic rings. The summed E-state index contributed by atoms with van der Waals surface area (Å²) in [6.45, 7) is 4.10. The quantitative estimate of drug-likeness (QED) is 0.616. The number of rotatable bonds is 8. The van der Waals surface area contributed by atoms with Gasteiger partial charge in [0, 0.05) is 12.8 Å². The number of carbonyl (C=O) groups is 1. The highest BCUT2D eigenvalue weighted by Crippen LogP contribution is 2.13. The lowest BCUT2D eigenvalue weighted by atomic mass is 10.00. The van der Waals surface area contributed by atoms with Gasteiger partial charge < -0.3 is 0 Å². The van der Waals surface area contributed by atoms with Crippen LogP contribution in [0.15, 0.2) is 18.2 Å². The number of unbranched alkanes of at least 4 members (excludes halogenated alkanes) is 4. The minimum absolute atomic E-state index is 0.222. The van der Waals surface area contributed by atoms with Crippen molar-refractivity contribution < 1.29 is 9.18 Å². The van der Waals surface area contributed by atoms with Crippen molar-refractivity contribution in [3.05, 3.63) is 35.1 Å². The zero-order chi connectivity index (χ0) is 13.4. The van der Waals surface area contributed by atoms with Gasteiger partial charge in [-0.1, -0.05) is 38.7 Å². The van der Waals surface area contributed by atoms with Gasteiger partial charge in [-0.2, -0.15) is 0 Å². The average molecular weight is 250 g/mol. The molecule has 1 aromatic carbocycles. The molecule has 0 fully saturated rings. The molecule has 1 rings (SSSR count). The fourth-order valence-electron chi connectivity index (χ4n) is 2.06. The Morgan fingerprint density at radius 3 is 2.61 bits per heavy atom. The van der Waals surface area contributed by atoms with Crippen LogP contribution in [-0.4, -0.2) is 5.78 Å². The number of benzene rings is 1. The van der Waals surface area contributed by atoms with Crippen molar-refractivity contribution >= 4 is 5.78 Å². The van der Waals surface area contributed by atoms with E-state index < -0.39 is 0 Å².